The van der Waals surface area contributed by atoms with Gasteiger partial charge in [0.05, 0.1) is 21.5 Å². The Balaban J connectivity index is 1.73. The van der Waals surface area contributed by atoms with E-state index in [-0.39, 0.29) is 23.4 Å². The number of nitrogens with zero attached hydrogens (tertiary/aromatic N) is 2. The van der Waals surface area contributed by atoms with Crippen LogP contribution in [-0.4, -0.2) is 25.9 Å². The zero-order chi connectivity index (χ0) is 20.1. The molecule has 10 heteroatoms. The highest BCUT2D eigenvalue weighted by atomic mass is 32.2. The second kappa shape index (κ2) is 8.62. The van der Waals surface area contributed by atoms with Gasteiger partial charge in [-0.05, 0) is 37.3 Å². The van der Waals surface area contributed by atoms with Crippen molar-refractivity contribution < 1.29 is 13.2 Å². The number of carbonyl (C=O) groups is 1. The molecule has 0 bridgehead atoms. The van der Waals surface area contributed by atoms with Gasteiger partial charge in [-0.15, -0.1) is 22.7 Å². The number of aryl methyl sites for hydroxylation is 1. The van der Waals surface area contributed by atoms with Crippen LogP contribution in [0.5, 0.6) is 0 Å². The van der Waals surface area contributed by atoms with E-state index in [1.165, 1.54) is 40.5 Å². The van der Waals surface area contributed by atoms with Crippen LogP contribution in [0.2, 0.25) is 0 Å². The van der Waals surface area contributed by atoms with Crippen molar-refractivity contribution in [2.45, 2.75) is 18.2 Å². The molecule has 2 heterocycles. The number of hydrogen-bond acceptors (Lipinski definition) is 7. The lowest BCUT2D eigenvalue weighted by Crippen LogP contribution is -2.25. The van der Waals surface area contributed by atoms with Gasteiger partial charge in [-0.2, -0.15) is 5.26 Å². The van der Waals surface area contributed by atoms with Crippen LogP contribution in [-0.2, 0) is 10.0 Å². The molecule has 0 radical (unpaired) electrons. The average Bonchev–Trinajstić information content (AvgIpc) is 3.31. The van der Waals surface area contributed by atoms with Crippen molar-refractivity contribution in [3.63, 3.8) is 0 Å². The lowest BCUT2D eigenvalue weighted by molar-refractivity contribution is 0.102. The van der Waals surface area contributed by atoms with Gasteiger partial charge < -0.3 is 0 Å². The fourth-order valence-corrected chi connectivity index (χ4v) is 5.00. The van der Waals surface area contributed by atoms with Gasteiger partial charge >= 0.3 is 0 Å². The van der Waals surface area contributed by atoms with Crippen molar-refractivity contribution >= 4 is 43.7 Å². The summed E-state index contributed by atoms with van der Waals surface area (Å²) in [5, 5.41) is 13.5. The first-order valence-corrected chi connectivity index (χ1v) is 11.4. The molecule has 0 saturated carbocycles. The third kappa shape index (κ3) is 4.82. The minimum atomic E-state index is -3.78. The number of hydrogen-bond donors (Lipinski definition) is 2. The summed E-state index contributed by atoms with van der Waals surface area (Å²) in [6.07, 6.45) is 0.0650. The molecule has 144 valence electrons. The van der Waals surface area contributed by atoms with E-state index in [1.54, 1.807) is 11.3 Å². The molecule has 0 spiro atoms. The molecule has 2 aromatic heterocycles. The van der Waals surface area contributed by atoms with Crippen LogP contribution in [0.4, 0.5) is 5.13 Å². The Kier molecular flexibility index (Phi) is 6.21. The first kappa shape index (κ1) is 20.2. The monoisotopic (exact) mass is 432 g/mol. The molecule has 3 rings (SSSR count). The van der Waals surface area contributed by atoms with Crippen molar-refractivity contribution in [1.82, 2.24) is 9.71 Å². The predicted molar refractivity (Wildman–Crippen MR) is 110 cm³/mol. The number of rotatable bonds is 7. The summed E-state index contributed by atoms with van der Waals surface area (Å²) in [6, 6.07) is 11.6. The molecule has 0 saturated heterocycles. The SMILES string of the molecule is Cc1ccc(-c2csc(NC(=O)c3cccc(S(=O)(=O)NCCC#N)c3)n2)s1. The van der Waals surface area contributed by atoms with Gasteiger partial charge in [-0.3, -0.25) is 10.1 Å². The lowest BCUT2D eigenvalue weighted by atomic mass is 10.2. The topological polar surface area (TPSA) is 112 Å². The Labute approximate surface area is 170 Å². The standard InChI is InChI=1S/C18H16N4O3S3/c1-12-6-7-16(27-12)15-11-26-18(21-15)22-17(23)13-4-2-5-14(10-13)28(24,25)20-9-3-8-19/h2,4-7,10-11,20H,3,9H2,1H3,(H,21,22,23). The molecule has 2 N–H and O–H groups in total. The predicted octanol–water partition coefficient (Wildman–Crippen LogP) is 3.62. The second-order valence-electron chi connectivity index (χ2n) is 5.74. The Morgan fingerprint density at radius 1 is 1.29 bits per heavy atom. The third-order valence-electron chi connectivity index (χ3n) is 3.65. The highest BCUT2D eigenvalue weighted by Gasteiger charge is 2.17. The number of nitrogens with one attached hydrogen (secondary N) is 2. The molecule has 0 aliphatic carbocycles. The van der Waals surface area contributed by atoms with Gasteiger partial charge in [-0.25, -0.2) is 18.1 Å². The Morgan fingerprint density at radius 3 is 2.82 bits per heavy atom. The van der Waals surface area contributed by atoms with Gasteiger partial charge in [0.2, 0.25) is 10.0 Å². The summed E-state index contributed by atoms with van der Waals surface area (Å²) in [5.74, 6) is -0.447. The quantitative estimate of drug-likeness (QED) is 0.554. The second-order valence-corrected chi connectivity index (χ2v) is 9.65. The number of anilines is 1. The van der Waals surface area contributed by atoms with Crippen molar-refractivity contribution in [3.8, 4) is 16.6 Å². The van der Waals surface area contributed by atoms with E-state index in [0.29, 0.717) is 5.13 Å². The molecule has 28 heavy (non-hydrogen) atoms. The number of amides is 1. The molecule has 0 aliphatic rings. The first-order chi connectivity index (χ1) is 13.4. The van der Waals surface area contributed by atoms with E-state index < -0.39 is 15.9 Å². The van der Waals surface area contributed by atoms with E-state index in [2.05, 4.69) is 15.0 Å². The Morgan fingerprint density at radius 2 is 2.11 bits per heavy atom. The van der Waals surface area contributed by atoms with Crippen LogP contribution >= 0.6 is 22.7 Å². The van der Waals surface area contributed by atoms with Crippen molar-refractivity contribution in [2.75, 3.05) is 11.9 Å². The van der Waals surface area contributed by atoms with E-state index in [1.807, 2.05) is 30.5 Å². The van der Waals surface area contributed by atoms with E-state index in [0.717, 1.165) is 10.6 Å². The maximum Gasteiger partial charge on any atom is 0.257 e. The summed E-state index contributed by atoms with van der Waals surface area (Å²) < 4.78 is 26.8. The summed E-state index contributed by atoms with van der Waals surface area (Å²) >= 11 is 2.92. The van der Waals surface area contributed by atoms with Crippen LogP contribution in [0.15, 0.2) is 46.7 Å². The molecule has 0 aliphatic heterocycles. The third-order valence-corrected chi connectivity index (χ3v) is 6.89. The van der Waals surface area contributed by atoms with Crippen LogP contribution in [0, 0.1) is 18.3 Å². The summed E-state index contributed by atoms with van der Waals surface area (Å²) in [7, 11) is -3.78. The molecule has 0 atom stereocenters. The minimum absolute atomic E-state index is 0.0132. The fraction of sp³-hybridized carbons (Fsp3) is 0.167. The number of nitriles is 1. The van der Waals surface area contributed by atoms with Gasteiger partial charge in [0.15, 0.2) is 5.13 Å². The van der Waals surface area contributed by atoms with Gasteiger partial charge in [0.1, 0.15) is 0 Å². The summed E-state index contributed by atoms with van der Waals surface area (Å²) in [6.45, 7) is 2.03. The van der Waals surface area contributed by atoms with Crippen LogP contribution in [0.1, 0.15) is 21.7 Å². The maximum atomic E-state index is 12.5. The fourth-order valence-electron chi connectivity index (χ4n) is 2.31. The molecule has 1 aromatic carbocycles. The number of carbonyl (C=O) groups excluding carboxylic acids is 1. The summed E-state index contributed by atoms with van der Waals surface area (Å²) in [5.41, 5.74) is 0.989. The molecule has 3 aromatic rings. The van der Waals surface area contributed by atoms with Gasteiger partial charge in [0, 0.05) is 28.8 Å². The zero-order valence-corrected chi connectivity index (χ0v) is 17.2. The molecule has 0 unspecified atom stereocenters. The molecule has 7 nitrogen and oxygen atoms in total. The van der Waals surface area contributed by atoms with E-state index in [9.17, 15) is 13.2 Å². The van der Waals surface area contributed by atoms with Crippen LogP contribution < -0.4 is 10.0 Å². The van der Waals surface area contributed by atoms with E-state index in [4.69, 9.17) is 5.26 Å². The number of thiazole rings is 1. The number of thiophene rings is 1. The van der Waals surface area contributed by atoms with Gasteiger partial charge in [-0.1, -0.05) is 6.07 Å². The Hall–Kier alpha value is -2.58. The van der Waals surface area contributed by atoms with Crippen LogP contribution in [0.3, 0.4) is 0 Å². The highest BCUT2D eigenvalue weighted by molar-refractivity contribution is 7.89. The minimum Gasteiger partial charge on any atom is -0.298 e. The van der Waals surface area contributed by atoms with Crippen LogP contribution in [0.25, 0.3) is 10.6 Å². The summed E-state index contributed by atoms with van der Waals surface area (Å²) in [4.78, 5) is 19.1. The molecule has 1 amide bonds. The lowest BCUT2D eigenvalue weighted by Gasteiger charge is -2.07. The van der Waals surface area contributed by atoms with Crippen molar-refractivity contribution in [2.24, 2.45) is 0 Å². The van der Waals surface area contributed by atoms with Crippen molar-refractivity contribution in [1.29, 1.82) is 5.26 Å². The average molecular weight is 433 g/mol. The van der Waals surface area contributed by atoms with Gasteiger partial charge in [0.25, 0.3) is 5.91 Å². The van der Waals surface area contributed by atoms with E-state index >= 15 is 0 Å². The molecular weight excluding hydrogens is 416 g/mol. The molecular formula is C18H16N4O3S3. The maximum absolute atomic E-state index is 12.5. The number of sulfonamides is 1. The smallest absolute Gasteiger partial charge is 0.257 e. The molecule has 0 fully saturated rings. The first-order valence-electron chi connectivity index (χ1n) is 8.19. The van der Waals surface area contributed by atoms with Crippen molar-refractivity contribution in [3.05, 3.63) is 52.2 Å². The highest BCUT2D eigenvalue weighted by Crippen LogP contribution is 2.30. The normalized spacial score (nSPS) is 11.1. The number of aromatic nitrogens is 1. The zero-order valence-electron chi connectivity index (χ0n) is 14.8. The largest absolute Gasteiger partial charge is 0.298 e. The number of benzene rings is 1. The Bertz CT molecular complexity index is 1140.